The van der Waals surface area contributed by atoms with Crippen molar-refractivity contribution in [3.8, 4) is 22.6 Å². The van der Waals surface area contributed by atoms with Gasteiger partial charge in [0.1, 0.15) is 11.5 Å². The molecule has 0 saturated carbocycles. The van der Waals surface area contributed by atoms with Crippen LogP contribution in [0, 0.1) is 0 Å². The summed E-state index contributed by atoms with van der Waals surface area (Å²) in [5, 5.41) is 18.1. The normalized spacial score (nSPS) is 10.2. The summed E-state index contributed by atoms with van der Waals surface area (Å²) in [6.07, 6.45) is 0. The molecule has 0 aromatic heterocycles. The van der Waals surface area contributed by atoms with Gasteiger partial charge in [0, 0.05) is 0 Å². The Bertz CT molecular complexity index is 894. The summed E-state index contributed by atoms with van der Waals surface area (Å²) in [7, 11) is 0. The number of benzene rings is 3. The van der Waals surface area contributed by atoms with Crippen LogP contribution in [0.2, 0.25) is 0 Å². The molecule has 0 aliphatic heterocycles. The average Bonchev–Trinajstić information content (AvgIpc) is 2.63. The molecule has 0 atom stereocenters. The zero-order valence-electron chi connectivity index (χ0n) is 13.0. The van der Waals surface area contributed by atoms with E-state index in [1.54, 1.807) is 36.4 Å². The Labute approximate surface area is 143 Å². The molecule has 25 heavy (non-hydrogen) atoms. The van der Waals surface area contributed by atoms with Gasteiger partial charge in [-0.3, -0.25) is 0 Å². The van der Waals surface area contributed by atoms with Crippen molar-refractivity contribution in [2.75, 3.05) is 0 Å². The first-order valence-corrected chi connectivity index (χ1v) is 7.48. The Morgan fingerprint density at radius 1 is 0.680 bits per heavy atom. The summed E-state index contributed by atoms with van der Waals surface area (Å²) >= 11 is 0. The highest BCUT2D eigenvalue weighted by atomic mass is 16.5. The molecule has 3 rings (SSSR count). The van der Waals surface area contributed by atoms with E-state index in [1.165, 1.54) is 36.4 Å². The van der Waals surface area contributed by atoms with Crippen molar-refractivity contribution >= 4 is 11.9 Å². The van der Waals surface area contributed by atoms with Gasteiger partial charge < -0.3 is 14.9 Å². The van der Waals surface area contributed by atoms with Gasteiger partial charge in [0.15, 0.2) is 0 Å². The van der Waals surface area contributed by atoms with Crippen LogP contribution in [0.15, 0.2) is 72.8 Å². The molecule has 0 aliphatic rings. The number of phenols is 1. The number of hydrogen-bond acceptors (Lipinski definition) is 4. The smallest absolute Gasteiger partial charge is 0.343 e. The van der Waals surface area contributed by atoms with Crippen LogP contribution in [-0.4, -0.2) is 22.2 Å². The highest BCUT2D eigenvalue weighted by Gasteiger charge is 2.09. The third kappa shape index (κ3) is 3.84. The molecule has 0 aliphatic carbocycles. The van der Waals surface area contributed by atoms with Crippen molar-refractivity contribution in [1.82, 2.24) is 0 Å². The first kappa shape index (κ1) is 16.3. The summed E-state index contributed by atoms with van der Waals surface area (Å²) in [6, 6.07) is 19.2. The summed E-state index contributed by atoms with van der Waals surface area (Å²) < 4.78 is 5.28. The fourth-order valence-electron chi connectivity index (χ4n) is 2.28. The second-order valence-electron chi connectivity index (χ2n) is 5.34. The highest BCUT2D eigenvalue weighted by Crippen LogP contribution is 2.23. The first-order valence-electron chi connectivity index (χ1n) is 7.48. The van der Waals surface area contributed by atoms with Crippen molar-refractivity contribution in [2.24, 2.45) is 0 Å². The lowest BCUT2D eigenvalue weighted by Crippen LogP contribution is -2.07. The van der Waals surface area contributed by atoms with E-state index in [2.05, 4.69) is 0 Å². The first-order chi connectivity index (χ1) is 12.0. The monoisotopic (exact) mass is 334 g/mol. The third-order valence-electron chi connectivity index (χ3n) is 3.63. The van der Waals surface area contributed by atoms with E-state index < -0.39 is 11.9 Å². The number of carboxylic acids is 1. The Morgan fingerprint density at radius 2 is 1.16 bits per heavy atom. The zero-order valence-corrected chi connectivity index (χ0v) is 13.0. The maximum atomic E-state index is 12.0. The molecule has 2 N–H and O–H groups in total. The van der Waals surface area contributed by atoms with Crippen LogP contribution in [0.25, 0.3) is 11.1 Å². The molecule has 0 radical (unpaired) electrons. The minimum absolute atomic E-state index is 0.0785. The van der Waals surface area contributed by atoms with E-state index in [4.69, 9.17) is 9.84 Å². The van der Waals surface area contributed by atoms with Crippen LogP contribution in [0.5, 0.6) is 11.5 Å². The van der Waals surface area contributed by atoms with Crippen molar-refractivity contribution in [2.45, 2.75) is 0 Å². The van der Waals surface area contributed by atoms with Gasteiger partial charge in [0.25, 0.3) is 0 Å². The Morgan fingerprint density at radius 3 is 1.68 bits per heavy atom. The van der Waals surface area contributed by atoms with Crippen LogP contribution in [0.4, 0.5) is 0 Å². The molecule has 124 valence electrons. The molecule has 0 unspecified atom stereocenters. The lowest BCUT2D eigenvalue weighted by atomic mass is 10.0. The van der Waals surface area contributed by atoms with Crippen LogP contribution in [0.3, 0.4) is 0 Å². The fourth-order valence-corrected chi connectivity index (χ4v) is 2.28. The maximum Gasteiger partial charge on any atom is 0.343 e. The van der Waals surface area contributed by atoms with Gasteiger partial charge in [-0.2, -0.15) is 0 Å². The molecule has 0 saturated heterocycles. The number of hydrogen-bond donors (Lipinski definition) is 2. The van der Waals surface area contributed by atoms with Gasteiger partial charge in [0.2, 0.25) is 0 Å². The second kappa shape index (κ2) is 6.88. The zero-order chi connectivity index (χ0) is 17.8. The number of carbonyl (C=O) groups is 2. The number of esters is 1. The van der Waals surface area contributed by atoms with Crippen LogP contribution in [0.1, 0.15) is 20.7 Å². The SMILES string of the molecule is O=C(O)c1ccc(-c2ccc(OC(=O)c3ccc(O)cc3)cc2)cc1. The molecule has 0 heterocycles. The predicted octanol–water partition coefficient (Wildman–Crippen LogP) is 3.98. The third-order valence-corrected chi connectivity index (χ3v) is 3.63. The summed E-state index contributed by atoms with van der Waals surface area (Å²) in [5.74, 6) is -1.01. The lowest BCUT2D eigenvalue weighted by molar-refractivity contribution is 0.0694. The molecule has 0 fully saturated rings. The number of carbonyl (C=O) groups excluding carboxylic acids is 1. The molecular formula is C20H14O5. The summed E-state index contributed by atoms with van der Waals surface area (Å²) in [6.45, 7) is 0. The second-order valence-corrected chi connectivity index (χ2v) is 5.34. The maximum absolute atomic E-state index is 12.0. The largest absolute Gasteiger partial charge is 0.508 e. The van der Waals surface area contributed by atoms with E-state index in [-0.39, 0.29) is 11.3 Å². The predicted molar refractivity (Wildman–Crippen MR) is 91.9 cm³/mol. The number of ether oxygens (including phenoxy) is 1. The molecular weight excluding hydrogens is 320 g/mol. The van der Waals surface area contributed by atoms with Crippen LogP contribution >= 0.6 is 0 Å². The molecule has 0 bridgehead atoms. The van der Waals surface area contributed by atoms with Crippen molar-refractivity contribution in [3.63, 3.8) is 0 Å². The average molecular weight is 334 g/mol. The number of aromatic carboxylic acids is 1. The molecule has 0 spiro atoms. The molecule has 0 amide bonds. The number of rotatable bonds is 4. The van der Waals surface area contributed by atoms with E-state index in [0.717, 1.165) is 11.1 Å². The number of phenolic OH excluding ortho intramolecular Hbond substituents is 1. The van der Waals surface area contributed by atoms with Crippen molar-refractivity contribution in [1.29, 1.82) is 0 Å². The van der Waals surface area contributed by atoms with Crippen molar-refractivity contribution in [3.05, 3.63) is 83.9 Å². The number of carboxylic acid groups (broad SMARTS) is 1. The summed E-state index contributed by atoms with van der Waals surface area (Å²) in [5.41, 5.74) is 2.30. The Kier molecular flexibility index (Phi) is 4.48. The fraction of sp³-hybridized carbons (Fsp3) is 0. The standard InChI is InChI=1S/C20H14O5/c21-17-9-5-16(6-10-17)20(24)25-18-11-7-14(8-12-18)13-1-3-15(4-2-13)19(22)23/h1-12,21H,(H,22,23). The summed E-state index contributed by atoms with van der Waals surface area (Å²) in [4.78, 5) is 22.9. The minimum Gasteiger partial charge on any atom is -0.508 e. The topological polar surface area (TPSA) is 83.8 Å². The van der Waals surface area contributed by atoms with Gasteiger partial charge in [0.05, 0.1) is 11.1 Å². The van der Waals surface area contributed by atoms with Gasteiger partial charge in [-0.25, -0.2) is 9.59 Å². The molecule has 5 heteroatoms. The van der Waals surface area contributed by atoms with Gasteiger partial charge in [-0.05, 0) is 59.7 Å². The van der Waals surface area contributed by atoms with Gasteiger partial charge in [-0.1, -0.05) is 24.3 Å². The van der Waals surface area contributed by atoms with Crippen LogP contribution in [-0.2, 0) is 0 Å². The van der Waals surface area contributed by atoms with Gasteiger partial charge in [-0.15, -0.1) is 0 Å². The molecule has 5 nitrogen and oxygen atoms in total. The minimum atomic E-state index is -0.969. The van der Waals surface area contributed by atoms with Gasteiger partial charge >= 0.3 is 11.9 Å². The van der Waals surface area contributed by atoms with E-state index in [1.807, 2.05) is 0 Å². The highest BCUT2D eigenvalue weighted by molar-refractivity contribution is 5.91. The Hall–Kier alpha value is -3.60. The lowest BCUT2D eigenvalue weighted by Gasteiger charge is -2.06. The Balaban J connectivity index is 1.72. The number of aromatic hydroxyl groups is 1. The van der Waals surface area contributed by atoms with Crippen LogP contribution < -0.4 is 4.74 Å². The molecule has 3 aromatic rings. The molecule has 3 aromatic carbocycles. The van der Waals surface area contributed by atoms with E-state index >= 15 is 0 Å². The van der Waals surface area contributed by atoms with E-state index in [9.17, 15) is 14.7 Å². The quantitative estimate of drug-likeness (QED) is 0.557. The van der Waals surface area contributed by atoms with E-state index in [0.29, 0.717) is 11.3 Å². The van der Waals surface area contributed by atoms with Crippen molar-refractivity contribution < 1.29 is 24.5 Å².